The second-order valence-corrected chi connectivity index (χ2v) is 9.27. The smallest absolute Gasteiger partial charge is 0.247 e. The van der Waals surface area contributed by atoms with Crippen LogP contribution in [-0.4, -0.2) is 51.1 Å². The fraction of sp³-hybridized carbons (Fsp3) is 0.391. The molecule has 32 heavy (non-hydrogen) atoms. The summed E-state index contributed by atoms with van der Waals surface area (Å²) in [6.45, 7) is 2.14. The standard InChI is InChI=1S/C23H24BrN3O5/c1-30-19-5-2-14(10-17(19)28)22-26-25-21(31-22)13-27-8-6-23(7-9-27)12-18(29)16-4-3-15(24)11-20(16)32-23/h2-5,10-11,18,28-29H,6-9,12-13H2,1H3. The maximum absolute atomic E-state index is 10.7. The third-order valence-corrected chi connectivity index (χ3v) is 6.74. The molecule has 3 aromatic rings. The SMILES string of the molecule is COc1ccc(-c2nnc(CN3CCC4(CC3)CC(O)c3ccc(Br)cc3O4)o2)cc1O. The first-order valence-electron chi connectivity index (χ1n) is 10.5. The highest BCUT2D eigenvalue weighted by molar-refractivity contribution is 9.10. The number of fused-ring (bicyclic) bond motifs is 1. The summed E-state index contributed by atoms with van der Waals surface area (Å²) in [5.74, 6) is 2.04. The van der Waals surface area contributed by atoms with E-state index in [1.54, 1.807) is 18.2 Å². The third-order valence-electron chi connectivity index (χ3n) is 6.25. The van der Waals surface area contributed by atoms with Crippen molar-refractivity contribution in [2.24, 2.45) is 0 Å². The van der Waals surface area contributed by atoms with E-state index in [2.05, 4.69) is 31.0 Å². The number of halogens is 1. The third kappa shape index (κ3) is 4.07. The van der Waals surface area contributed by atoms with Crippen LogP contribution >= 0.6 is 15.9 Å². The van der Waals surface area contributed by atoms with Gasteiger partial charge in [-0.05, 0) is 43.2 Å². The van der Waals surface area contributed by atoms with Gasteiger partial charge in [0.25, 0.3) is 0 Å². The molecular weight excluding hydrogens is 478 g/mol. The zero-order valence-corrected chi connectivity index (χ0v) is 19.2. The van der Waals surface area contributed by atoms with Crippen LogP contribution in [0, 0.1) is 0 Å². The van der Waals surface area contributed by atoms with Gasteiger partial charge in [0.15, 0.2) is 11.5 Å². The van der Waals surface area contributed by atoms with Crippen molar-refractivity contribution in [1.29, 1.82) is 0 Å². The minimum atomic E-state index is -0.516. The number of benzene rings is 2. The van der Waals surface area contributed by atoms with Crippen LogP contribution in [-0.2, 0) is 6.54 Å². The van der Waals surface area contributed by atoms with E-state index in [4.69, 9.17) is 13.9 Å². The van der Waals surface area contributed by atoms with Gasteiger partial charge in [0.05, 0.1) is 19.8 Å². The first-order valence-corrected chi connectivity index (χ1v) is 11.3. The summed E-state index contributed by atoms with van der Waals surface area (Å²) in [4.78, 5) is 2.25. The highest BCUT2D eigenvalue weighted by atomic mass is 79.9. The number of aliphatic hydroxyl groups is 1. The van der Waals surface area contributed by atoms with Gasteiger partial charge in [0.2, 0.25) is 11.8 Å². The Morgan fingerprint density at radius 2 is 2.00 bits per heavy atom. The fourth-order valence-corrected chi connectivity index (χ4v) is 4.82. The number of phenolic OH excluding ortho intramolecular Hbond substituents is 1. The first kappa shape index (κ1) is 21.2. The van der Waals surface area contributed by atoms with E-state index in [-0.39, 0.29) is 11.4 Å². The quantitative estimate of drug-likeness (QED) is 0.551. The molecule has 2 aromatic carbocycles. The van der Waals surface area contributed by atoms with Crippen molar-refractivity contribution >= 4 is 15.9 Å². The fourth-order valence-electron chi connectivity index (χ4n) is 4.48. The molecule has 0 bridgehead atoms. The van der Waals surface area contributed by atoms with E-state index in [0.717, 1.165) is 41.7 Å². The lowest BCUT2D eigenvalue weighted by molar-refractivity contribution is -0.0560. The van der Waals surface area contributed by atoms with Gasteiger partial charge in [-0.3, -0.25) is 4.90 Å². The topological polar surface area (TPSA) is 101 Å². The van der Waals surface area contributed by atoms with Crippen molar-refractivity contribution < 1.29 is 24.1 Å². The predicted octanol–water partition coefficient (Wildman–Crippen LogP) is 4.06. The Balaban J connectivity index is 1.23. The first-order chi connectivity index (χ1) is 15.4. The molecule has 1 aromatic heterocycles. The highest BCUT2D eigenvalue weighted by Crippen LogP contribution is 2.45. The van der Waals surface area contributed by atoms with E-state index in [1.807, 2.05) is 18.2 Å². The zero-order chi connectivity index (χ0) is 22.3. The molecule has 1 unspecified atom stereocenters. The van der Waals surface area contributed by atoms with Gasteiger partial charge >= 0.3 is 0 Å². The molecule has 2 N–H and O–H groups in total. The van der Waals surface area contributed by atoms with Crippen molar-refractivity contribution in [3.8, 4) is 28.7 Å². The maximum Gasteiger partial charge on any atom is 0.247 e. The van der Waals surface area contributed by atoms with Crippen LogP contribution in [0.4, 0.5) is 0 Å². The Hall–Kier alpha value is -2.62. The molecule has 9 heteroatoms. The number of ether oxygens (including phenoxy) is 2. The van der Waals surface area contributed by atoms with Crippen molar-refractivity contribution in [2.45, 2.75) is 37.5 Å². The summed E-state index contributed by atoms with van der Waals surface area (Å²) >= 11 is 3.49. The number of aliphatic hydroxyl groups excluding tert-OH is 1. The predicted molar refractivity (Wildman–Crippen MR) is 120 cm³/mol. The lowest BCUT2D eigenvalue weighted by Crippen LogP contribution is -2.50. The van der Waals surface area contributed by atoms with Gasteiger partial charge in [0.1, 0.15) is 11.4 Å². The summed E-state index contributed by atoms with van der Waals surface area (Å²) in [5, 5.41) is 28.9. The van der Waals surface area contributed by atoms with Crippen molar-refractivity contribution in [1.82, 2.24) is 15.1 Å². The average molecular weight is 502 g/mol. The van der Waals surface area contributed by atoms with Crippen LogP contribution in [0.2, 0.25) is 0 Å². The number of piperidine rings is 1. The number of aromatic hydroxyl groups is 1. The van der Waals surface area contributed by atoms with Crippen LogP contribution < -0.4 is 9.47 Å². The van der Waals surface area contributed by atoms with Gasteiger partial charge in [0, 0.05) is 35.1 Å². The van der Waals surface area contributed by atoms with Crippen LogP contribution in [0.25, 0.3) is 11.5 Å². The lowest BCUT2D eigenvalue weighted by atomic mass is 9.81. The Bertz CT molecular complexity index is 1130. The number of hydrogen-bond acceptors (Lipinski definition) is 8. The molecule has 168 valence electrons. The number of aromatic nitrogens is 2. The molecule has 1 spiro atoms. The Kier molecular flexibility index (Phi) is 5.56. The summed E-state index contributed by atoms with van der Waals surface area (Å²) in [6.07, 6.45) is 1.70. The molecule has 2 aliphatic rings. The molecule has 0 amide bonds. The molecule has 5 rings (SSSR count). The number of hydrogen-bond donors (Lipinski definition) is 2. The molecule has 8 nitrogen and oxygen atoms in total. The Morgan fingerprint density at radius 1 is 1.19 bits per heavy atom. The van der Waals surface area contributed by atoms with Gasteiger partial charge in [-0.15, -0.1) is 10.2 Å². The molecule has 0 aliphatic carbocycles. The van der Waals surface area contributed by atoms with E-state index < -0.39 is 6.10 Å². The number of likely N-dealkylation sites (tertiary alicyclic amines) is 1. The average Bonchev–Trinajstić information content (AvgIpc) is 3.23. The molecular formula is C23H24BrN3O5. The van der Waals surface area contributed by atoms with E-state index >= 15 is 0 Å². The van der Waals surface area contributed by atoms with E-state index in [1.165, 1.54) is 7.11 Å². The number of rotatable bonds is 4. The molecule has 1 atom stereocenters. The monoisotopic (exact) mass is 501 g/mol. The van der Waals surface area contributed by atoms with Gasteiger partial charge < -0.3 is 24.1 Å². The van der Waals surface area contributed by atoms with E-state index in [9.17, 15) is 10.2 Å². The second-order valence-electron chi connectivity index (χ2n) is 8.35. The second kappa shape index (κ2) is 8.38. The van der Waals surface area contributed by atoms with Gasteiger partial charge in [-0.2, -0.15) is 0 Å². The van der Waals surface area contributed by atoms with Crippen LogP contribution in [0.5, 0.6) is 17.2 Å². The molecule has 3 heterocycles. The minimum Gasteiger partial charge on any atom is -0.504 e. The molecule has 0 radical (unpaired) electrons. The molecule has 2 aliphatic heterocycles. The zero-order valence-electron chi connectivity index (χ0n) is 17.6. The highest BCUT2D eigenvalue weighted by Gasteiger charge is 2.43. The van der Waals surface area contributed by atoms with Crippen molar-refractivity contribution in [3.05, 3.63) is 52.3 Å². The van der Waals surface area contributed by atoms with Gasteiger partial charge in [-0.25, -0.2) is 0 Å². The van der Waals surface area contributed by atoms with Gasteiger partial charge in [-0.1, -0.05) is 22.0 Å². The van der Waals surface area contributed by atoms with Crippen LogP contribution in [0.3, 0.4) is 0 Å². The Morgan fingerprint density at radius 3 is 2.75 bits per heavy atom. The van der Waals surface area contributed by atoms with E-state index in [0.29, 0.717) is 36.1 Å². The van der Waals surface area contributed by atoms with Crippen LogP contribution in [0.15, 0.2) is 45.3 Å². The number of nitrogens with zero attached hydrogens (tertiary/aromatic N) is 3. The molecule has 0 saturated carbocycles. The summed E-state index contributed by atoms with van der Waals surface area (Å²) in [5.41, 5.74) is 1.13. The molecule has 1 saturated heterocycles. The normalized spacial score (nSPS) is 20.0. The maximum atomic E-state index is 10.7. The molecule has 1 fully saturated rings. The number of methoxy groups -OCH3 is 1. The lowest BCUT2D eigenvalue weighted by Gasteiger charge is -2.45. The van der Waals surface area contributed by atoms with Crippen molar-refractivity contribution in [2.75, 3.05) is 20.2 Å². The minimum absolute atomic E-state index is 0.0225. The summed E-state index contributed by atoms with van der Waals surface area (Å²) in [7, 11) is 1.50. The number of phenols is 1. The summed E-state index contributed by atoms with van der Waals surface area (Å²) < 4.78 is 18.2. The Labute approximate surface area is 193 Å². The van der Waals surface area contributed by atoms with Crippen molar-refractivity contribution in [3.63, 3.8) is 0 Å². The largest absolute Gasteiger partial charge is 0.504 e. The van der Waals surface area contributed by atoms with Crippen LogP contribution in [0.1, 0.15) is 36.8 Å². The summed E-state index contributed by atoms with van der Waals surface area (Å²) in [6, 6.07) is 10.8.